The van der Waals surface area contributed by atoms with Crippen molar-refractivity contribution in [2.24, 2.45) is 5.73 Å². The lowest BCUT2D eigenvalue weighted by atomic mass is 10.4. The number of hydrogen-bond donors (Lipinski definition) is 2. The summed E-state index contributed by atoms with van der Waals surface area (Å²) in [6.45, 7) is 0.489. The van der Waals surface area contributed by atoms with Crippen LogP contribution in [0, 0.1) is 0 Å². The zero-order valence-corrected chi connectivity index (χ0v) is 12.2. The highest BCUT2D eigenvalue weighted by molar-refractivity contribution is 7.09. The number of carbonyl (C=O) groups excluding carboxylic acids is 1. The van der Waals surface area contributed by atoms with Gasteiger partial charge in [0.1, 0.15) is 10.8 Å². The average Bonchev–Trinajstić information content (AvgIpc) is 2.87. The molecule has 0 saturated heterocycles. The Kier molecular flexibility index (Phi) is 4.83. The third kappa shape index (κ3) is 3.62. The number of carbonyl (C=O) groups is 1. The van der Waals surface area contributed by atoms with Gasteiger partial charge in [0.15, 0.2) is 0 Å². The molecule has 0 saturated carbocycles. The van der Waals surface area contributed by atoms with Gasteiger partial charge in [-0.25, -0.2) is 9.97 Å². The fraction of sp³-hybridized carbons (Fsp3) is 0.273. The molecule has 0 aliphatic heterocycles. The molecule has 2 heterocycles. The molecule has 2 aromatic rings. The molecule has 0 bridgehead atoms. The number of anilines is 1. The average molecular weight is 314 g/mol. The molecule has 0 fully saturated rings. The van der Waals surface area contributed by atoms with Gasteiger partial charge in [-0.1, -0.05) is 11.6 Å². The van der Waals surface area contributed by atoms with E-state index in [0.717, 1.165) is 5.01 Å². The van der Waals surface area contributed by atoms with Crippen molar-refractivity contribution in [2.75, 3.05) is 19.0 Å². The summed E-state index contributed by atoms with van der Waals surface area (Å²) in [5.74, 6) is -0.0797. The molecule has 2 rings (SSSR count). The fourth-order valence-electron chi connectivity index (χ4n) is 1.38. The second-order valence-corrected chi connectivity index (χ2v) is 5.01. The number of hydrogen-bond acceptors (Lipinski definition) is 7. The molecule has 0 radical (unpaired) electrons. The minimum Gasteiger partial charge on any atom is -0.481 e. The lowest BCUT2D eigenvalue weighted by molar-refractivity contribution is 0.102. The first kappa shape index (κ1) is 14.6. The normalized spacial score (nSPS) is 10.3. The number of amides is 1. The summed E-state index contributed by atoms with van der Waals surface area (Å²) in [5.41, 5.74) is 5.73. The van der Waals surface area contributed by atoms with Gasteiger partial charge in [0.25, 0.3) is 5.91 Å². The number of methoxy groups -OCH3 is 1. The molecule has 106 valence electrons. The second kappa shape index (κ2) is 6.60. The molecular weight excluding hydrogens is 302 g/mol. The van der Waals surface area contributed by atoms with Gasteiger partial charge in [-0.2, -0.15) is 4.98 Å². The molecule has 0 aliphatic rings. The van der Waals surface area contributed by atoms with E-state index in [9.17, 15) is 4.79 Å². The highest BCUT2D eigenvalue weighted by Crippen LogP contribution is 2.17. The van der Waals surface area contributed by atoms with Crippen LogP contribution in [0.1, 0.15) is 15.5 Å². The predicted octanol–water partition coefficient (Wildman–Crippen LogP) is 1.35. The van der Waals surface area contributed by atoms with Crippen LogP contribution in [0.25, 0.3) is 0 Å². The molecule has 1 amide bonds. The lowest BCUT2D eigenvalue weighted by Crippen LogP contribution is -2.15. The van der Waals surface area contributed by atoms with Crippen LogP contribution in [0.5, 0.6) is 5.88 Å². The lowest BCUT2D eigenvalue weighted by Gasteiger charge is -2.04. The molecule has 9 heteroatoms. The van der Waals surface area contributed by atoms with Crippen LogP contribution in [0.2, 0.25) is 5.15 Å². The van der Waals surface area contributed by atoms with Crippen molar-refractivity contribution in [3.63, 3.8) is 0 Å². The van der Waals surface area contributed by atoms with E-state index in [2.05, 4.69) is 20.3 Å². The van der Waals surface area contributed by atoms with Gasteiger partial charge in [-0.15, -0.1) is 11.3 Å². The van der Waals surface area contributed by atoms with Gasteiger partial charge in [-0.05, 0) is 6.54 Å². The first-order chi connectivity index (χ1) is 9.62. The van der Waals surface area contributed by atoms with Gasteiger partial charge in [-0.3, -0.25) is 10.1 Å². The van der Waals surface area contributed by atoms with Crippen molar-refractivity contribution >= 4 is 34.8 Å². The smallest absolute Gasteiger partial charge is 0.277 e. The molecule has 0 aromatic carbocycles. The molecule has 2 aromatic heterocycles. The Bertz CT molecular complexity index is 619. The van der Waals surface area contributed by atoms with Crippen molar-refractivity contribution in [3.05, 3.63) is 27.3 Å². The van der Waals surface area contributed by atoms with Crippen LogP contribution in [0.15, 0.2) is 11.4 Å². The van der Waals surface area contributed by atoms with E-state index in [0.29, 0.717) is 18.7 Å². The van der Waals surface area contributed by atoms with Gasteiger partial charge >= 0.3 is 0 Å². The highest BCUT2D eigenvalue weighted by Gasteiger charge is 2.13. The van der Waals surface area contributed by atoms with E-state index in [4.69, 9.17) is 22.1 Å². The first-order valence-electron chi connectivity index (χ1n) is 5.66. The van der Waals surface area contributed by atoms with Crippen LogP contribution in [0.4, 0.5) is 5.95 Å². The summed E-state index contributed by atoms with van der Waals surface area (Å²) in [6, 6.07) is 1.44. The van der Waals surface area contributed by atoms with Gasteiger partial charge in [0, 0.05) is 17.9 Å². The third-order valence-corrected chi connectivity index (χ3v) is 3.35. The number of thiazole rings is 1. The standard InChI is InChI=1S/C11H12ClN5O2S/c1-19-8-4-7(12)15-11(16-8)17-10(18)6-5-20-9(14-6)2-3-13/h4-5H,2-3,13H2,1H3,(H,15,16,17,18). The van der Waals surface area contributed by atoms with Crippen molar-refractivity contribution in [1.29, 1.82) is 0 Å². The van der Waals surface area contributed by atoms with E-state index >= 15 is 0 Å². The van der Waals surface area contributed by atoms with E-state index in [1.807, 2.05) is 0 Å². The Morgan fingerprint density at radius 2 is 2.30 bits per heavy atom. The maximum atomic E-state index is 12.0. The number of halogens is 1. The Morgan fingerprint density at radius 3 is 3.00 bits per heavy atom. The monoisotopic (exact) mass is 313 g/mol. The van der Waals surface area contributed by atoms with Gasteiger partial charge in [0.05, 0.1) is 12.1 Å². The van der Waals surface area contributed by atoms with Crippen molar-refractivity contribution in [1.82, 2.24) is 15.0 Å². The first-order valence-corrected chi connectivity index (χ1v) is 6.92. The molecule has 0 spiro atoms. The Balaban J connectivity index is 2.12. The number of nitrogens with zero attached hydrogens (tertiary/aromatic N) is 3. The van der Waals surface area contributed by atoms with Crippen molar-refractivity contribution < 1.29 is 9.53 Å². The zero-order chi connectivity index (χ0) is 14.5. The summed E-state index contributed by atoms with van der Waals surface area (Å²) in [7, 11) is 1.45. The molecule has 0 unspecified atom stereocenters. The number of aromatic nitrogens is 3. The molecule has 0 atom stereocenters. The van der Waals surface area contributed by atoms with E-state index in [1.54, 1.807) is 5.38 Å². The SMILES string of the molecule is COc1cc(Cl)nc(NC(=O)c2csc(CCN)n2)n1. The molecule has 7 nitrogen and oxygen atoms in total. The maximum Gasteiger partial charge on any atom is 0.277 e. The summed E-state index contributed by atoms with van der Waals surface area (Å²) in [6.07, 6.45) is 0.638. The minimum absolute atomic E-state index is 0.0627. The topological polar surface area (TPSA) is 103 Å². The van der Waals surface area contributed by atoms with Crippen LogP contribution in [0.3, 0.4) is 0 Å². The van der Waals surface area contributed by atoms with Crippen molar-refractivity contribution in [3.8, 4) is 5.88 Å². The van der Waals surface area contributed by atoms with Gasteiger partial charge in [0.2, 0.25) is 11.8 Å². The van der Waals surface area contributed by atoms with Crippen LogP contribution in [-0.4, -0.2) is 34.5 Å². The summed E-state index contributed by atoms with van der Waals surface area (Å²) >= 11 is 7.17. The summed E-state index contributed by atoms with van der Waals surface area (Å²) < 4.78 is 4.94. The minimum atomic E-state index is -0.408. The number of ether oxygens (including phenoxy) is 1. The van der Waals surface area contributed by atoms with Crippen LogP contribution in [-0.2, 0) is 6.42 Å². The maximum absolute atomic E-state index is 12.0. The van der Waals surface area contributed by atoms with Gasteiger partial charge < -0.3 is 10.5 Å². The Labute approximate surface area is 124 Å². The Hall–Kier alpha value is -1.77. The highest BCUT2D eigenvalue weighted by atomic mass is 35.5. The summed E-state index contributed by atoms with van der Waals surface area (Å²) in [5, 5.41) is 5.15. The molecular formula is C11H12ClN5O2S. The number of nitrogens with one attached hydrogen (secondary N) is 1. The fourth-order valence-corrected chi connectivity index (χ4v) is 2.34. The molecule has 20 heavy (non-hydrogen) atoms. The van der Waals surface area contributed by atoms with Crippen LogP contribution >= 0.6 is 22.9 Å². The predicted molar refractivity (Wildman–Crippen MR) is 76.4 cm³/mol. The molecule has 0 aliphatic carbocycles. The van der Waals surface area contributed by atoms with E-state index in [1.165, 1.54) is 24.5 Å². The number of nitrogens with two attached hydrogens (primary N) is 1. The van der Waals surface area contributed by atoms with E-state index in [-0.39, 0.29) is 17.0 Å². The second-order valence-electron chi connectivity index (χ2n) is 3.68. The van der Waals surface area contributed by atoms with Crippen molar-refractivity contribution in [2.45, 2.75) is 6.42 Å². The zero-order valence-electron chi connectivity index (χ0n) is 10.6. The Morgan fingerprint density at radius 1 is 1.50 bits per heavy atom. The van der Waals surface area contributed by atoms with E-state index < -0.39 is 5.91 Å². The number of rotatable bonds is 5. The third-order valence-electron chi connectivity index (χ3n) is 2.25. The quantitative estimate of drug-likeness (QED) is 0.808. The summed E-state index contributed by atoms with van der Waals surface area (Å²) in [4.78, 5) is 24.0. The molecule has 3 N–H and O–H groups in total. The van der Waals surface area contributed by atoms with Crippen LogP contribution < -0.4 is 15.8 Å². The largest absolute Gasteiger partial charge is 0.481 e.